The highest BCUT2D eigenvalue weighted by molar-refractivity contribution is 8.00. The van der Waals surface area contributed by atoms with Crippen LogP contribution in [0.3, 0.4) is 0 Å². The number of hydrogen-bond donors (Lipinski definition) is 2. The fourth-order valence-electron chi connectivity index (χ4n) is 4.01. The zero-order valence-corrected chi connectivity index (χ0v) is 22.9. The SMILES string of the molecule is N#Cc1ccc(-c2ccc(Cl)c(Cl)c2)nc1SCC(=O)Nc1ccc(-c2cc(C(=O)O)c3ccccc3n2)cc1. The molecule has 0 saturated carbocycles. The van der Waals surface area contributed by atoms with Crippen LogP contribution in [0.2, 0.25) is 10.0 Å². The molecular formula is C30H18Cl2N4O3S. The second kappa shape index (κ2) is 11.8. The Morgan fingerprint density at radius 1 is 0.875 bits per heavy atom. The van der Waals surface area contributed by atoms with Gasteiger partial charge in [-0.3, -0.25) is 4.79 Å². The number of hydrogen-bond acceptors (Lipinski definition) is 6. The number of aromatic carboxylic acids is 1. The van der Waals surface area contributed by atoms with Crippen molar-refractivity contribution in [1.82, 2.24) is 9.97 Å². The van der Waals surface area contributed by atoms with Gasteiger partial charge in [0.25, 0.3) is 0 Å². The first-order chi connectivity index (χ1) is 19.3. The molecular weight excluding hydrogens is 567 g/mol. The molecule has 2 aromatic heterocycles. The van der Waals surface area contributed by atoms with E-state index in [1.807, 2.05) is 0 Å². The molecule has 5 rings (SSSR count). The maximum Gasteiger partial charge on any atom is 0.336 e. The number of anilines is 1. The van der Waals surface area contributed by atoms with Gasteiger partial charge in [0.1, 0.15) is 11.1 Å². The van der Waals surface area contributed by atoms with E-state index in [2.05, 4.69) is 21.4 Å². The lowest BCUT2D eigenvalue weighted by Gasteiger charge is -2.10. The fourth-order valence-corrected chi connectivity index (χ4v) is 5.08. The van der Waals surface area contributed by atoms with Gasteiger partial charge in [-0.15, -0.1) is 0 Å². The Balaban J connectivity index is 1.29. The normalized spacial score (nSPS) is 10.7. The van der Waals surface area contributed by atoms with Gasteiger partial charge < -0.3 is 10.4 Å². The van der Waals surface area contributed by atoms with E-state index in [0.717, 1.165) is 17.3 Å². The first-order valence-electron chi connectivity index (χ1n) is 11.8. The Morgan fingerprint density at radius 3 is 2.35 bits per heavy atom. The highest BCUT2D eigenvalue weighted by Crippen LogP contribution is 2.30. The van der Waals surface area contributed by atoms with E-state index in [4.69, 9.17) is 23.2 Å². The number of carboxylic acids is 1. The average molecular weight is 585 g/mol. The quantitative estimate of drug-likeness (QED) is 0.189. The highest BCUT2D eigenvalue weighted by Gasteiger charge is 2.14. The van der Waals surface area contributed by atoms with E-state index in [1.54, 1.807) is 84.9 Å². The van der Waals surface area contributed by atoms with Gasteiger partial charge >= 0.3 is 5.97 Å². The maximum absolute atomic E-state index is 12.7. The van der Waals surface area contributed by atoms with Crippen molar-refractivity contribution in [2.24, 2.45) is 0 Å². The third-order valence-electron chi connectivity index (χ3n) is 5.95. The number of aromatic nitrogens is 2. The molecule has 0 aliphatic rings. The molecule has 0 spiro atoms. The van der Waals surface area contributed by atoms with Gasteiger partial charge in [-0.2, -0.15) is 5.26 Å². The van der Waals surface area contributed by atoms with Crippen LogP contribution in [-0.2, 0) is 4.79 Å². The van der Waals surface area contributed by atoms with Gasteiger partial charge in [0.15, 0.2) is 0 Å². The van der Waals surface area contributed by atoms with Gasteiger partial charge in [0, 0.05) is 22.2 Å². The number of thioether (sulfide) groups is 1. The molecule has 1 amide bonds. The lowest BCUT2D eigenvalue weighted by atomic mass is 10.0. The van der Waals surface area contributed by atoms with Crippen LogP contribution in [0.25, 0.3) is 33.4 Å². The Kier molecular flexibility index (Phi) is 7.99. The van der Waals surface area contributed by atoms with Crippen molar-refractivity contribution in [2.75, 3.05) is 11.1 Å². The standard InChI is InChI=1S/C30H18Cl2N4O3S/c31-23-11-7-18(13-24(23)32)25-12-8-19(15-33)29(36-25)40-16-28(37)34-20-9-5-17(6-10-20)27-14-22(30(38)39)21-3-1-2-4-26(21)35-27/h1-14H,16H2,(H,34,37)(H,38,39). The predicted octanol–water partition coefficient (Wildman–Crippen LogP) is 7.57. The van der Waals surface area contributed by atoms with Crippen LogP contribution in [-0.4, -0.2) is 32.7 Å². The minimum Gasteiger partial charge on any atom is -0.478 e. The van der Waals surface area contributed by atoms with Crippen molar-refractivity contribution in [2.45, 2.75) is 5.03 Å². The van der Waals surface area contributed by atoms with Gasteiger partial charge in [-0.05, 0) is 48.5 Å². The third kappa shape index (κ3) is 5.92. The van der Waals surface area contributed by atoms with Gasteiger partial charge in [0.2, 0.25) is 5.91 Å². The van der Waals surface area contributed by atoms with Crippen LogP contribution in [0.15, 0.2) is 90.0 Å². The number of fused-ring (bicyclic) bond motifs is 1. The molecule has 0 aliphatic carbocycles. The van der Waals surface area contributed by atoms with Crippen molar-refractivity contribution in [1.29, 1.82) is 5.26 Å². The first kappa shape index (κ1) is 27.2. The first-order valence-corrected chi connectivity index (χ1v) is 13.6. The van der Waals surface area contributed by atoms with Gasteiger partial charge in [-0.1, -0.05) is 71.4 Å². The molecule has 10 heteroatoms. The Labute approximate surface area is 243 Å². The Morgan fingerprint density at radius 2 is 1.62 bits per heavy atom. The average Bonchev–Trinajstić information content (AvgIpc) is 2.97. The number of para-hydroxylation sites is 1. The lowest BCUT2D eigenvalue weighted by Crippen LogP contribution is -2.14. The number of nitrogens with one attached hydrogen (secondary N) is 1. The van der Waals surface area contributed by atoms with Gasteiger partial charge in [-0.25, -0.2) is 14.8 Å². The fraction of sp³-hybridized carbons (Fsp3) is 0.0333. The van der Waals surface area contributed by atoms with E-state index in [-0.39, 0.29) is 17.2 Å². The van der Waals surface area contributed by atoms with Crippen molar-refractivity contribution in [3.63, 3.8) is 0 Å². The minimum absolute atomic E-state index is 0.0302. The summed E-state index contributed by atoms with van der Waals surface area (Å²) >= 11 is 13.3. The molecule has 3 aromatic carbocycles. The monoisotopic (exact) mass is 584 g/mol. The summed E-state index contributed by atoms with van der Waals surface area (Å²) in [5, 5.41) is 23.8. The summed E-state index contributed by atoms with van der Waals surface area (Å²) in [5.41, 5.74) is 4.24. The summed E-state index contributed by atoms with van der Waals surface area (Å²) in [6, 6.07) is 26.2. The second-order valence-electron chi connectivity index (χ2n) is 8.58. The number of benzene rings is 3. The van der Waals surface area contributed by atoms with Gasteiger partial charge in [0.05, 0.1) is 43.8 Å². The second-order valence-corrected chi connectivity index (χ2v) is 10.4. The van der Waals surface area contributed by atoms with Crippen LogP contribution in [0.4, 0.5) is 5.69 Å². The van der Waals surface area contributed by atoms with E-state index in [9.17, 15) is 20.0 Å². The number of carboxylic acid groups (broad SMARTS) is 1. The van der Waals surface area contributed by atoms with E-state index in [1.165, 1.54) is 0 Å². The minimum atomic E-state index is -1.03. The molecule has 0 bridgehead atoms. The zero-order chi connectivity index (χ0) is 28.2. The number of rotatable bonds is 7. The molecule has 196 valence electrons. The molecule has 0 saturated heterocycles. The molecule has 2 N–H and O–H groups in total. The third-order valence-corrected chi connectivity index (χ3v) is 7.68. The number of halogens is 2. The van der Waals surface area contributed by atoms with E-state index in [0.29, 0.717) is 54.2 Å². The Bertz CT molecular complexity index is 1820. The molecule has 0 atom stereocenters. The van der Waals surface area contributed by atoms with Crippen molar-refractivity contribution >= 4 is 63.4 Å². The molecule has 40 heavy (non-hydrogen) atoms. The van der Waals surface area contributed by atoms with Crippen LogP contribution < -0.4 is 5.32 Å². The highest BCUT2D eigenvalue weighted by atomic mass is 35.5. The smallest absolute Gasteiger partial charge is 0.336 e. The predicted molar refractivity (Wildman–Crippen MR) is 158 cm³/mol. The van der Waals surface area contributed by atoms with E-state index < -0.39 is 5.97 Å². The summed E-state index contributed by atoms with van der Waals surface area (Å²) in [4.78, 5) is 33.6. The number of carbonyl (C=O) groups excluding carboxylic acids is 1. The largest absolute Gasteiger partial charge is 0.478 e. The van der Waals surface area contributed by atoms with Crippen LogP contribution >= 0.6 is 35.0 Å². The molecule has 0 unspecified atom stereocenters. The van der Waals surface area contributed by atoms with Crippen molar-refractivity contribution < 1.29 is 14.7 Å². The maximum atomic E-state index is 12.7. The molecule has 5 aromatic rings. The summed E-state index contributed by atoms with van der Waals surface area (Å²) < 4.78 is 0. The van der Waals surface area contributed by atoms with Crippen molar-refractivity contribution in [3.8, 4) is 28.6 Å². The lowest BCUT2D eigenvalue weighted by molar-refractivity contribution is -0.113. The number of nitrogens with zero attached hydrogens (tertiary/aromatic N) is 3. The number of nitriles is 1. The summed E-state index contributed by atoms with van der Waals surface area (Å²) in [6.45, 7) is 0. The topological polar surface area (TPSA) is 116 Å². The van der Waals surface area contributed by atoms with Crippen LogP contribution in [0, 0.1) is 11.3 Å². The number of carbonyl (C=O) groups is 2. The molecule has 0 radical (unpaired) electrons. The molecule has 2 heterocycles. The van der Waals surface area contributed by atoms with Crippen LogP contribution in [0.1, 0.15) is 15.9 Å². The molecule has 0 fully saturated rings. The number of pyridine rings is 2. The summed E-state index contributed by atoms with van der Waals surface area (Å²) in [7, 11) is 0. The molecule has 0 aliphatic heterocycles. The Hall–Kier alpha value is -4.42. The molecule has 7 nitrogen and oxygen atoms in total. The van der Waals surface area contributed by atoms with E-state index >= 15 is 0 Å². The van der Waals surface area contributed by atoms with Crippen molar-refractivity contribution in [3.05, 3.63) is 106 Å². The zero-order valence-electron chi connectivity index (χ0n) is 20.6. The summed E-state index contributed by atoms with van der Waals surface area (Å²) in [5.74, 6) is -1.28. The number of amides is 1. The summed E-state index contributed by atoms with van der Waals surface area (Å²) in [6.07, 6.45) is 0. The van der Waals surface area contributed by atoms with Crippen LogP contribution in [0.5, 0.6) is 0 Å².